The number of nitrogens with one attached hydrogen (secondary N) is 2. The van der Waals surface area contributed by atoms with Crippen LogP contribution in [0.1, 0.15) is 32.6 Å². The smallest absolute Gasteiger partial charge is 0.228 e. The molecule has 8 heteroatoms. The first-order valence-corrected chi connectivity index (χ1v) is 10.9. The highest BCUT2D eigenvalue weighted by Crippen LogP contribution is 2.44. The molecule has 0 atom stereocenters. The maximum Gasteiger partial charge on any atom is 0.228 e. The van der Waals surface area contributed by atoms with Crippen LogP contribution in [-0.4, -0.2) is 54.3 Å². The zero-order valence-corrected chi connectivity index (χ0v) is 17.5. The Bertz CT molecular complexity index is 1280. The molecule has 1 aliphatic heterocycles. The first kappa shape index (κ1) is 18.4. The van der Waals surface area contributed by atoms with Crippen LogP contribution in [0.5, 0.6) is 0 Å². The van der Waals surface area contributed by atoms with Crippen molar-refractivity contribution < 1.29 is 4.79 Å². The van der Waals surface area contributed by atoms with Crippen molar-refractivity contribution in [3.63, 3.8) is 0 Å². The molecule has 6 rings (SSSR count). The lowest BCUT2D eigenvalue weighted by Gasteiger charge is -2.45. The molecule has 2 fully saturated rings. The summed E-state index contributed by atoms with van der Waals surface area (Å²) in [4.78, 5) is 31.6. The predicted octanol–water partition coefficient (Wildman–Crippen LogP) is 3.48. The summed E-state index contributed by atoms with van der Waals surface area (Å²) < 4.78 is 2.00. The fourth-order valence-corrected chi connectivity index (χ4v) is 5.08. The van der Waals surface area contributed by atoms with Crippen LogP contribution in [0.15, 0.2) is 43.1 Å². The van der Waals surface area contributed by atoms with E-state index in [-0.39, 0.29) is 11.5 Å². The topological polar surface area (TPSA) is 91.2 Å². The van der Waals surface area contributed by atoms with Crippen LogP contribution < -0.4 is 5.32 Å². The van der Waals surface area contributed by atoms with Gasteiger partial charge < -0.3 is 19.6 Å². The summed E-state index contributed by atoms with van der Waals surface area (Å²) >= 11 is 0. The number of fused-ring (bicyclic) bond motifs is 2. The van der Waals surface area contributed by atoms with Crippen LogP contribution in [-0.2, 0) is 4.79 Å². The van der Waals surface area contributed by atoms with E-state index >= 15 is 0 Å². The number of anilines is 1. The average Bonchev–Trinajstić information content (AvgIpc) is 3.51. The molecular weight excluding hydrogens is 390 g/mol. The number of nitrogens with zero attached hydrogens (tertiary/aromatic N) is 5. The highest BCUT2D eigenvalue weighted by molar-refractivity contribution is 5.93. The van der Waals surface area contributed by atoms with Gasteiger partial charge in [-0.1, -0.05) is 6.92 Å². The van der Waals surface area contributed by atoms with E-state index < -0.39 is 0 Å². The SMILES string of the molecule is C[C@]1(C(=O)N2CCCC2)C[C@H](Nc2ncc3c(-c4ccc5nccn5c4)c[nH]c3n2)C1. The molecule has 0 aromatic carbocycles. The maximum absolute atomic E-state index is 12.8. The van der Waals surface area contributed by atoms with Crippen LogP contribution in [0.25, 0.3) is 27.8 Å². The lowest BCUT2D eigenvalue weighted by molar-refractivity contribution is -0.145. The molecule has 1 saturated carbocycles. The van der Waals surface area contributed by atoms with Gasteiger partial charge >= 0.3 is 0 Å². The fourth-order valence-electron chi connectivity index (χ4n) is 5.08. The Morgan fingerprint density at radius 2 is 2.06 bits per heavy atom. The molecule has 158 valence electrons. The molecule has 5 heterocycles. The molecule has 4 aromatic rings. The van der Waals surface area contributed by atoms with Gasteiger partial charge in [0.15, 0.2) is 0 Å². The summed E-state index contributed by atoms with van der Waals surface area (Å²) in [5, 5.41) is 4.39. The Morgan fingerprint density at radius 3 is 2.90 bits per heavy atom. The van der Waals surface area contributed by atoms with Gasteiger partial charge in [-0.05, 0) is 37.8 Å². The number of rotatable bonds is 4. The number of aromatic nitrogens is 5. The van der Waals surface area contributed by atoms with E-state index in [2.05, 4.69) is 44.4 Å². The zero-order chi connectivity index (χ0) is 21.0. The number of hydrogen-bond donors (Lipinski definition) is 2. The molecule has 0 spiro atoms. The second-order valence-corrected chi connectivity index (χ2v) is 9.08. The van der Waals surface area contributed by atoms with Crippen LogP contribution in [0.4, 0.5) is 5.95 Å². The molecule has 0 bridgehead atoms. The molecular formula is C23H25N7O. The minimum Gasteiger partial charge on any atom is -0.351 e. The molecule has 8 nitrogen and oxygen atoms in total. The van der Waals surface area contributed by atoms with E-state index in [0.29, 0.717) is 11.9 Å². The third-order valence-electron chi connectivity index (χ3n) is 6.77. The number of H-pyrrole nitrogens is 1. The quantitative estimate of drug-likeness (QED) is 0.533. The normalized spacial score (nSPS) is 23.4. The fraction of sp³-hybridized carbons (Fsp3) is 0.391. The number of hydrogen-bond acceptors (Lipinski definition) is 5. The van der Waals surface area contributed by atoms with Crippen molar-refractivity contribution in [2.75, 3.05) is 18.4 Å². The summed E-state index contributed by atoms with van der Waals surface area (Å²) in [6.07, 6.45) is 13.5. The molecule has 31 heavy (non-hydrogen) atoms. The van der Waals surface area contributed by atoms with E-state index in [0.717, 1.165) is 66.6 Å². The lowest BCUT2D eigenvalue weighted by atomic mass is 9.66. The van der Waals surface area contributed by atoms with Gasteiger partial charge in [0.1, 0.15) is 11.3 Å². The Kier molecular flexibility index (Phi) is 4.03. The van der Waals surface area contributed by atoms with Gasteiger partial charge in [-0.15, -0.1) is 0 Å². The van der Waals surface area contributed by atoms with Gasteiger partial charge in [-0.3, -0.25) is 4.79 Å². The van der Waals surface area contributed by atoms with E-state index in [1.165, 1.54) is 0 Å². The first-order chi connectivity index (χ1) is 15.1. The zero-order valence-electron chi connectivity index (χ0n) is 17.5. The number of aromatic amines is 1. The minimum absolute atomic E-state index is 0.229. The van der Waals surface area contributed by atoms with Gasteiger partial charge in [0.2, 0.25) is 11.9 Å². The van der Waals surface area contributed by atoms with Crippen molar-refractivity contribution in [2.24, 2.45) is 5.41 Å². The second kappa shape index (κ2) is 6.80. The summed E-state index contributed by atoms with van der Waals surface area (Å²) in [6, 6.07) is 4.29. The van der Waals surface area contributed by atoms with Crippen LogP contribution in [0.2, 0.25) is 0 Å². The molecule has 0 radical (unpaired) electrons. The van der Waals surface area contributed by atoms with Crippen LogP contribution >= 0.6 is 0 Å². The van der Waals surface area contributed by atoms with Crippen molar-refractivity contribution in [2.45, 2.75) is 38.6 Å². The first-order valence-electron chi connectivity index (χ1n) is 10.9. The lowest BCUT2D eigenvalue weighted by Crippen LogP contribution is -2.53. The largest absolute Gasteiger partial charge is 0.351 e. The number of likely N-dealkylation sites (tertiary alicyclic amines) is 1. The molecule has 1 saturated heterocycles. The van der Waals surface area contributed by atoms with E-state index in [1.807, 2.05) is 34.0 Å². The standard InChI is InChI=1S/C23H25N7O/c1-23(21(31)29-7-2-3-8-29)10-16(11-23)27-22-26-13-18-17(12-25-20(18)28-22)15-4-5-19-24-6-9-30(19)14-15/h4-6,9,12-14,16H,2-3,7-8,10-11H2,1H3,(H2,25,26,27,28)/t16-,23-. The Labute approximate surface area is 179 Å². The highest BCUT2D eigenvalue weighted by atomic mass is 16.2. The van der Waals surface area contributed by atoms with Crippen molar-refractivity contribution in [1.82, 2.24) is 29.2 Å². The van der Waals surface area contributed by atoms with Crippen LogP contribution in [0, 0.1) is 5.41 Å². The van der Waals surface area contributed by atoms with Crippen molar-refractivity contribution in [3.05, 3.63) is 43.1 Å². The third-order valence-corrected chi connectivity index (χ3v) is 6.77. The molecule has 4 aromatic heterocycles. The van der Waals surface area contributed by atoms with Gasteiger partial charge in [0.05, 0.1) is 5.41 Å². The molecule has 1 aliphatic carbocycles. The number of pyridine rings is 1. The molecule has 1 amide bonds. The Hall–Kier alpha value is -3.42. The van der Waals surface area contributed by atoms with Gasteiger partial charge in [0, 0.05) is 66.6 Å². The summed E-state index contributed by atoms with van der Waals surface area (Å²) in [5.74, 6) is 0.912. The maximum atomic E-state index is 12.8. The monoisotopic (exact) mass is 415 g/mol. The van der Waals surface area contributed by atoms with Gasteiger partial charge in [0.25, 0.3) is 0 Å². The summed E-state index contributed by atoms with van der Waals surface area (Å²) in [5.41, 5.74) is 3.61. The summed E-state index contributed by atoms with van der Waals surface area (Å²) in [7, 11) is 0. The van der Waals surface area contributed by atoms with E-state index in [9.17, 15) is 4.79 Å². The van der Waals surface area contributed by atoms with Crippen molar-refractivity contribution >= 4 is 28.5 Å². The third kappa shape index (κ3) is 3.05. The molecule has 2 N–H and O–H groups in total. The second-order valence-electron chi connectivity index (χ2n) is 9.08. The van der Waals surface area contributed by atoms with Crippen LogP contribution in [0.3, 0.4) is 0 Å². The molecule has 0 unspecified atom stereocenters. The Balaban J connectivity index is 1.18. The molecule has 2 aliphatic rings. The average molecular weight is 416 g/mol. The summed E-state index contributed by atoms with van der Waals surface area (Å²) in [6.45, 7) is 3.91. The van der Waals surface area contributed by atoms with Gasteiger partial charge in [-0.25, -0.2) is 9.97 Å². The van der Waals surface area contributed by atoms with Crippen molar-refractivity contribution in [3.8, 4) is 11.1 Å². The minimum atomic E-state index is -0.252. The Morgan fingerprint density at radius 1 is 1.23 bits per heavy atom. The van der Waals surface area contributed by atoms with Crippen molar-refractivity contribution in [1.29, 1.82) is 0 Å². The van der Waals surface area contributed by atoms with E-state index in [4.69, 9.17) is 0 Å². The van der Waals surface area contributed by atoms with E-state index in [1.54, 1.807) is 6.20 Å². The van der Waals surface area contributed by atoms with Gasteiger partial charge in [-0.2, -0.15) is 4.98 Å². The number of carbonyl (C=O) groups excluding carboxylic acids is 1. The predicted molar refractivity (Wildman–Crippen MR) is 119 cm³/mol. The number of imidazole rings is 1. The number of carbonyl (C=O) groups is 1. The number of amides is 1. The highest BCUT2D eigenvalue weighted by Gasteiger charge is 2.48.